The van der Waals surface area contributed by atoms with Gasteiger partial charge in [-0.05, 0) is 31.0 Å². The van der Waals surface area contributed by atoms with Gasteiger partial charge in [0.2, 0.25) is 0 Å². The molecular formula is C16H23NO7. The van der Waals surface area contributed by atoms with Crippen molar-refractivity contribution in [2.45, 2.75) is 25.5 Å². The Labute approximate surface area is 140 Å². The molecule has 0 saturated carbocycles. The molecule has 0 aromatic heterocycles. The molecule has 0 aliphatic rings. The van der Waals surface area contributed by atoms with Gasteiger partial charge in [-0.1, -0.05) is 6.07 Å². The highest BCUT2D eigenvalue weighted by molar-refractivity contribution is 5.77. The van der Waals surface area contributed by atoms with Crippen LogP contribution in [0.15, 0.2) is 18.2 Å². The van der Waals surface area contributed by atoms with Crippen LogP contribution in [0.2, 0.25) is 0 Å². The van der Waals surface area contributed by atoms with Gasteiger partial charge in [-0.2, -0.15) is 0 Å². The van der Waals surface area contributed by atoms with Crippen LogP contribution >= 0.6 is 0 Å². The maximum absolute atomic E-state index is 11.6. The second-order valence-corrected chi connectivity index (χ2v) is 4.83. The molecule has 2 atom stereocenters. The first-order valence-corrected chi connectivity index (χ1v) is 7.36. The summed E-state index contributed by atoms with van der Waals surface area (Å²) in [7, 11) is 3.85. The molecule has 134 valence electrons. The number of carbonyl (C=O) groups is 2. The Hall–Kier alpha value is -2.48. The van der Waals surface area contributed by atoms with Gasteiger partial charge in [0.25, 0.3) is 0 Å². The molecule has 0 radical (unpaired) electrons. The minimum Gasteiger partial charge on any atom is -0.493 e. The Morgan fingerprint density at radius 1 is 1.17 bits per heavy atom. The van der Waals surface area contributed by atoms with Crippen LogP contribution in [0, 0.1) is 0 Å². The van der Waals surface area contributed by atoms with E-state index in [-0.39, 0.29) is 6.42 Å². The number of hydrogen-bond donors (Lipinski definition) is 2. The van der Waals surface area contributed by atoms with Crippen LogP contribution in [0.25, 0.3) is 0 Å². The molecule has 0 aliphatic heterocycles. The van der Waals surface area contributed by atoms with Crippen molar-refractivity contribution in [3.63, 3.8) is 0 Å². The maximum Gasteiger partial charge on any atom is 0.407 e. The smallest absolute Gasteiger partial charge is 0.407 e. The summed E-state index contributed by atoms with van der Waals surface area (Å²) < 4.78 is 19.7. The second-order valence-electron chi connectivity index (χ2n) is 4.83. The lowest BCUT2D eigenvalue weighted by molar-refractivity contribution is -0.151. The van der Waals surface area contributed by atoms with Crippen LogP contribution < -0.4 is 14.8 Å². The second kappa shape index (κ2) is 9.61. The van der Waals surface area contributed by atoms with Crippen LogP contribution in [-0.4, -0.2) is 57.3 Å². The predicted molar refractivity (Wildman–Crippen MR) is 85.2 cm³/mol. The van der Waals surface area contributed by atoms with Crippen LogP contribution in [-0.2, 0) is 20.7 Å². The number of nitrogens with one attached hydrogen (secondary N) is 1. The lowest BCUT2D eigenvalue weighted by atomic mass is 10.0. The van der Waals surface area contributed by atoms with Gasteiger partial charge in [0.15, 0.2) is 17.6 Å². The number of ether oxygens (including phenoxy) is 4. The molecule has 0 heterocycles. The van der Waals surface area contributed by atoms with Crippen molar-refractivity contribution in [2.75, 3.05) is 27.9 Å². The molecule has 0 bridgehead atoms. The Bertz CT molecular complexity index is 561. The summed E-state index contributed by atoms with van der Waals surface area (Å²) in [5, 5.41) is 12.5. The first-order chi connectivity index (χ1) is 11.5. The van der Waals surface area contributed by atoms with E-state index < -0.39 is 24.2 Å². The number of alkyl carbamates (subject to hydrolysis) is 1. The van der Waals surface area contributed by atoms with E-state index in [9.17, 15) is 14.7 Å². The van der Waals surface area contributed by atoms with Gasteiger partial charge < -0.3 is 29.4 Å². The number of rotatable bonds is 8. The molecule has 24 heavy (non-hydrogen) atoms. The van der Waals surface area contributed by atoms with Crippen LogP contribution in [0.3, 0.4) is 0 Å². The molecule has 1 aromatic rings. The van der Waals surface area contributed by atoms with E-state index in [1.165, 1.54) is 14.2 Å². The molecule has 0 spiro atoms. The van der Waals surface area contributed by atoms with E-state index in [4.69, 9.17) is 9.47 Å². The lowest BCUT2D eigenvalue weighted by Crippen LogP contribution is -2.48. The van der Waals surface area contributed by atoms with Crippen molar-refractivity contribution in [1.82, 2.24) is 5.32 Å². The fourth-order valence-electron chi connectivity index (χ4n) is 2.10. The molecule has 1 rings (SSSR count). The van der Waals surface area contributed by atoms with Gasteiger partial charge in [-0.15, -0.1) is 0 Å². The molecule has 0 fully saturated rings. The largest absolute Gasteiger partial charge is 0.493 e. The summed E-state index contributed by atoms with van der Waals surface area (Å²) in [5.41, 5.74) is 0.722. The molecule has 1 amide bonds. The third-order valence-corrected chi connectivity index (χ3v) is 3.30. The summed E-state index contributed by atoms with van der Waals surface area (Å²) in [6.07, 6.45) is -2.14. The first-order valence-electron chi connectivity index (χ1n) is 7.36. The molecule has 1 aromatic carbocycles. The van der Waals surface area contributed by atoms with Crippen molar-refractivity contribution >= 4 is 12.1 Å². The number of carbonyl (C=O) groups excluding carboxylic acids is 2. The zero-order valence-electron chi connectivity index (χ0n) is 14.2. The highest BCUT2D eigenvalue weighted by atomic mass is 16.5. The monoisotopic (exact) mass is 341 g/mol. The Morgan fingerprint density at radius 2 is 1.88 bits per heavy atom. The van der Waals surface area contributed by atoms with Crippen molar-refractivity contribution in [1.29, 1.82) is 0 Å². The fraction of sp³-hybridized carbons (Fsp3) is 0.500. The van der Waals surface area contributed by atoms with Gasteiger partial charge in [0.1, 0.15) is 0 Å². The van der Waals surface area contributed by atoms with Crippen molar-refractivity contribution in [3.8, 4) is 11.5 Å². The number of hydrogen-bond acceptors (Lipinski definition) is 7. The van der Waals surface area contributed by atoms with E-state index in [1.807, 2.05) is 6.92 Å². The number of aliphatic hydroxyl groups excluding tert-OH is 1. The number of methoxy groups -OCH3 is 3. The summed E-state index contributed by atoms with van der Waals surface area (Å²) in [6.45, 7) is 2.35. The standard InChI is InChI=1S/C16H23NO7/c1-5-24-12-7-6-10(9-13(12)21-2)8-11(17-16(20)23-4)14(18)15(19)22-3/h6-7,9,11,14,18H,5,8H2,1-4H3,(H,17,20). The van der Waals surface area contributed by atoms with Gasteiger partial charge in [-0.25, -0.2) is 9.59 Å². The zero-order valence-corrected chi connectivity index (χ0v) is 14.2. The third kappa shape index (κ3) is 5.31. The van der Waals surface area contributed by atoms with Gasteiger partial charge in [0.05, 0.1) is 34.0 Å². The number of amides is 1. The van der Waals surface area contributed by atoms with E-state index in [1.54, 1.807) is 18.2 Å². The lowest BCUT2D eigenvalue weighted by Gasteiger charge is -2.22. The molecule has 2 unspecified atom stereocenters. The number of aliphatic hydroxyl groups is 1. The normalized spacial score (nSPS) is 12.7. The average molecular weight is 341 g/mol. The van der Waals surface area contributed by atoms with Crippen molar-refractivity contribution < 1.29 is 33.6 Å². The highest BCUT2D eigenvalue weighted by Crippen LogP contribution is 2.28. The van der Waals surface area contributed by atoms with Crippen LogP contribution in [0.4, 0.5) is 4.79 Å². The van der Waals surface area contributed by atoms with Crippen molar-refractivity contribution in [3.05, 3.63) is 23.8 Å². The number of benzene rings is 1. The van der Waals surface area contributed by atoms with Crippen LogP contribution in [0.5, 0.6) is 11.5 Å². The van der Waals surface area contributed by atoms with E-state index in [0.29, 0.717) is 18.1 Å². The molecular weight excluding hydrogens is 318 g/mol. The van der Waals surface area contributed by atoms with Gasteiger partial charge in [-0.3, -0.25) is 0 Å². The minimum absolute atomic E-state index is 0.161. The summed E-state index contributed by atoms with van der Waals surface area (Å²) >= 11 is 0. The topological polar surface area (TPSA) is 103 Å². The van der Waals surface area contributed by atoms with E-state index in [2.05, 4.69) is 14.8 Å². The average Bonchev–Trinajstić information content (AvgIpc) is 2.60. The fourth-order valence-corrected chi connectivity index (χ4v) is 2.10. The first kappa shape index (κ1) is 19.6. The third-order valence-electron chi connectivity index (χ3n) is 3.30. The number of esters is 1. The summed E-state index contributed by atoms with van der Waals surface area (Å²) in [6, 6.07) is 4.26. The Balaban J connectivity index is 3.00. The van der Waals surface area contributed by atoms with Gasteiger partial charge >= 0.3 is 12.1 Å². The molecule has 2 N–H and O–H groups in total. The molecule has 8 nitrogen and oxygen atoms in total. The van der Waals surface area contributed by atoms with Crippen LogP contribution in [0.1, 0.15) is 12.5 Å². The summed E-state index contributed by atoms with van der Waals surface area (Å²) in [4.78, 5) is 23.0. The summed E-state index contributed by atoms with van der Waals surface area (Å²) in [5.74, 6) is 0.239. The highest BCUT2D eigenvalue weighted by Gasteiger charge is 2.29. The van der Waals surface area contributed by atoms with E-state index in [0.717, 1.165) is 12.7 Å². The molecule has 0 saturated heterocycles. The SMILES string of the molecule is CCOc1ccc(CC(NC(=O)OC)C(O)C(=O)OC)cc1OC. The zero-order chi connectivity index (χ0) is 18.1. The minimum atomic E-state index is -1.54. The predicted octanol–water partition coefficient (Wildman–Crippen LogP) is 0.895. The Morgan fingerprint density at radius 3 is 2.42 bits per heavy atom. The molecule has 8 heteroatoms. The van der Waals surface area contributed by atoms with Gasteiger partial charge in [0, 0.05) is 0 Å². The maximum atomic E-state index is 11.6. The Kier molecular flexibility index (Phi) is 7.84. The van der Waals surface area contributed by atoms with E-state index >= 15 is 0 Å². The molecule has 0 aliphatic carbocycles. The van der Waals surface area contributed by atoms with Crippen molar-refractivity contribution in [2.24, 2.45) is 0 Å². The quantitative estimate of drug-likeness (QED) is 0.677.